The van der Waals surface area contributed by atoms with Crippen LogP contribution in [0.5, 0.6) is 0 Å². The first-order valence-electron chi connectivity index (χ1n) is 13.4. The summed E-state index contributed by atoms with van der Waals surface area (Å²) in [6.07, 6.45) is 6.05. The van der Waals surface area contributed by atoms with Gasteiger partial charge in [-0.05, 0) is 73.9 Å². The number of nitrogens with one attached hydrogen (secondary N) is 1. The summed E-state index contributed by atoms with van der Waals surface area (Å²) in [6.45, 7) is 8.47. The van der Waals surface area contributed by atoms with E-state index in [2.05, 4.69) is 44.6 Å². The summed E-state index contributed by atoms with van der Waals surface area (Å²) in [6, 6.07) is 14.6. The Balaban J connectivity index is 1.50. The molecule has 194 valence electrons. The number of anilines is 2. The van der Waals surface area contributed by atoms with E-state index in [1.165, 1.54) is 30.3 Å². The highest BCUT2D eigenvalue weighted by Crippen LogP contribution is 2.49. The number of carbonyl (C=O) groups is 1. The van der Waals surface area contributed by atoms with Crippen molar-refractivity contribution in [2.75, 3.05) is 30.7 Å². The third-order valence-corrected chi connectivity index (χ3v) is 7.73. The van der Waals surface area contributed by atoms with Crippen molar-refractivity contribution in [2.24, 2.45) is 7.05 Å². The SMILES string of the molecule is C=C(C)CNc1ccc(-c2c(-c3ccc(C(=O)N4CCCC4)cc3)c3c(N)ncnc3n2C)c(C2CC2)c1. The van der Waals surface area contributed by atoms with Gasteiger partial charge < -0.3 is 20.5 Å². The molecule has 1 saturated heterocycles. The van der Waals surface area contributed by atoms with E-state index in [0.717, 1.165) is 71.6 Å². The molecule has 2 aromatic carbocycles. The van der Waals surface area contributed by atoms with E-state index in [0.29, 0.717) is 17.3 Å². The van der Waals surface area contributed by atoms with Crippen molar-refractivity contribution in [2.45, 2.75) is 38.5 Å². The minimum atomic E-state index is 0.101. The lowest BCUT2D eigenvalue weighted by atomic mass is 9.93. The second kappa shape index (κ2) is 9.63. The zero-order chi connectivity index (χ0) is 26.4. The van der Waals surface area contributed by atoms with E-state index >= 15 is 0 Å². The summed E-state index contributed by atoms with van der Waals surface area (Å²) < 4.78 is 2.13. The van der Waals surface area contributed by atoms with Gasteiger partial charge in [0, 0.05) is 49.1 Å². The van der Waals surface area contributed by atoms with Gasteiger partial charge in [-0.3, -0.25) is 4.79 Å². The van der Waals surface area contributed by atoms with Gasteiger partial charge >= 0.3 is 0 Å². The minimum Gasteiger partial charge on any atom is -0.383 e. The van der Waals surface area contributed by atoms with Crippen LogP contribution in [0.2, 0.25) is 0 Å². The van der Waals surface area contributed by atoms with Gasteiger partial charge in [0.2, 0.25) is 0 Å². The fourth-order valence-corrected chi connectivity index (χ4v) is 5.63. The lowest BCUT2D eigenvalue weighted by Crippen LogP contribution is -2.27. The molecule has 1 aliphatic carbocycles. The maximum Gasteiger partial charge on any atom is 0.253 e. The molecule has 0 unspecified atom stereocenters. The van der Waals surface area contributed by atoms with Gasteiger partial charge in [0.05, 0.1) is 11.1 Å². The number of amides is 1. The van der Waals surface area contributed by atoms with Gasteiger partial charge in [-0.25, -0.2) is 9.97 Å². The molecule has 4 aromatic rings. The third-order valence-electron chi connectivity index (χ3n) is 7.73. The predicted octanol–water partition coefficient (Wildman–Crippen LogP) is 5.99. The molecule has 3 heterocycles. The smallest absolute Gasteiger partial charge is 0.253 e. The van der Waals surface area contributed by atoms with Gasteiger partial charge in [0.1, 0.15) is 17.8 Å². The summed E-state index contributed by atoms with van der Waals surface area (Å²) in [5.41, 5.74) is 15.8. The number of carbonyl (C=O) groups excluding carboxylic acids is 1. The Hall–Kier alpha value is -4.13. The zero-order valence-electron chi connectivity index (χ0n) is 22.1. The molecule has 0 radical (unpaired) electrons. The van der Waals surface area contributed by atoms with E-state index in [1.807, 2.05) is 43.1 Å². The normalized spacial score (nSPS) is 15.3. The molecule has 0 spiro atoms. The number of nitrogen functional groups attached to an aromatic ring is 1. The summed E-state index contributed by atoms with van der Waals surface area (Å²) in [5, 5.41) is 4.34. The van der Waals surface area contributed by atoms with Crippen molar-refractivity contribution in [1.82, 2.24) is 19.4 Å². The van der Waals surface area contributed by atoms with E-state index in [9.17, 15) is 4.79 Å². The largest absolute Gasteiger partial charge is 0.383 e. The molecule has 38 heavy (non-hydrogen) atoms. The van der Waals surface area contributed by atoms with Gasteiger partial charge in [-0.15, -0.1) is 0 Å². The Morgan fingerprint density at radius 3 is 2.53 bits per heavy atom. The van der Waals surface area contributed by atoms with Crippen LogP contribution < -0.4 is 11.1 Å². The average Bonchev–Trinajstić information content (AvgIpc) is 3.53. The second-order valence-corrected chi connectivity index (χ2v) is 10.7. The fraction of sp³-hybridized carbons (Fsp3) is 0.323. The maximum atomic E-state index is 13.0. The number of nitrogens with zero attached hydrogens (tertiary/aromatic N) is 4. The number of benzene rings is 2. The van der Waals surface area contributed by atoms with Crippen LogP contribution in [-0.2, 0) is 7.05 Å². The first kappa shape index (κ1) is 24.2. The van der Waals surface area contributed by atoms with Crippen LogP contribution in [0.1, 0.15) is 54.4 Å². The monoisotopic (exact) mass is 506 g/mol. The summed E-state index contributed by atoms with van der Waals surface area (Å²) in [5.74, 6) is 1.09. The summed E-state index contributed by atoms with van der Waals surface area (Å²) in [7, 11) is 2.04. The molecule has 1 saturated carbocycles. The fourth-order valence-electron chi connectivity index (χ4n) is 5.63. The van der Waals surface area contributed by atoms with Gasteiger partial charge in [-0.2, -0.15) is 0 Å². The molecule has 6 rings (SSSR count). The number of nitrogens with two attached hydrogens (primary N) is 1. The Morgan fingerprint density at radius 2 is 1.84 bits per heavy atom. The molecule has 2 fully saturated rings. The maximum absolute atomic E-state index is 13.0. The van der Waals surface area contributed by atoms with Crippen LogP contribution in [0.15, 0.2) is 60.9 Å². The first-order chi connectivity index (χ1) is 18.4. The van der Waals surface area contributed by atoms with Crippen LogP contribution in [0.25, 0.3) is 33.4 Å². The van der Waals surface area contributed by atoms with Crippen molar-refractivity contribution in [3.63, 3.8) is 0 Å². The number of aryl methyl sites for hydroxylation is 1. The van der Waals surface area contributed by atoms with Gasteiger partial charge in [-0.1, -0.05) is 30.4 Å². The molecule has 2 aromatic heterocycles. The van der Waals surface area contributed by atoms with Crippen LogP contribution in [0.4, 0.5) is 11.5 Å². The van der Waals surface area contributed by atoms with Crippen molar-refractivity contribution in [3.05, 3.63) is 72.1 Å². The van der Waals surface area contributed by atoms with E-state index < -0.39 is 0 Å². The van der Waals surface area contributed by atoms with E-state index in [4.69, 9.17) is 5.73 Å². The molecule has 0 bridgehead atoms. The van der Waals surface area contributed by atoms with Gasteiger partial charge in [0.15, 0.2) is 0 Å². The van der Waals surface area contributed by atoms with Crippen molar-refractivity contribution in [1.29, 1.82) is 0 Å². The molecule has 1 amide bonds. The average molecular weight is 507 g/mol. The molecular weight excluding hydrogens is 472 g/mol. The summed E-state index contributed by atoms with van der Waals surface area (Å²) in [4.78, 5) is 23.9. The number of rotatable bonds is 7. The first-order valence-corrected chi connectivity index (χ1v) is 13.4. The number of fused-ring (bicyclic) bond motifs is 1. The van der Waals surface area contributed by atoms with Crippen LogP contribution in [-0.4, -0.2) is 45.0 Å². The van der Waals surface area contributed by atoms with Crippen LogP contribution in [0, 0.1) is 0 Å². The molecule has 3 N–H and O–H groups in total. The molecular formula is C31H34N6O. The topological polar surface area (TPSA) is 89.1 Å². The van der Waals surface area contributed by atoms with E-state index in [-0.39, 0.29) is 5.91 Å². The van der Waals surface area contributed by atoms with Crippen molar-refractivity contribution >= 4 is 28.4 Å². The Bertz CT molecular complexity index is 1540. The summed E-state index contributed by atoms with van der Waals surface area (Å²) >= 11 is 0. The third kappa shape index (κ3) is 4.32. The number of hydrogen-bond donors (Lipinski definition) is 2. The predicted molar refractivity (Wildman–Crippen MR) is 154 cm³/mol. The van der Waals surface area contributed by atoms with Crippen molar-refractivity contribution in [3.8, 4) is 22.4 Å². The molecule has 2 aliphatic rings. The Kier molecular flexibility index (Phi) is 6.14. The highest BCUT2D eigenvalue weighted by molar-refractivity contribution is 6.08. The molecule has 1 aliphatic heterocycles. The second-order valence-electron chi connectivity index (χ2n) is 10.7. The quantitative estimate of drug-likeness (QED) is 0.301. The zero-order valence-corrected chi connectivity index (χ0v) is 22.1. The number of hydrogen-bond acceptors (Lipinski definition) is 5. The Morgan fingerprint density at radius 1 is 1.11 bits per heavy atom. The standard InChI is InChI=1S/C31H34N6O/c1-19(2)17-33-23-12-13-24(25(16-23)20-6-7-20)28-26(27-29(32)34-18-35-30(27)36(28)3)21-8-10-22(11-9-21)31(38)37-14-4-5-15-37/h8-13,16,18,20,33H,1,4-7,14-15,17H2,2-3H3,(H2,32,34,35). The number of aromatic nitrogens is 3. The molecule has 7 nitrogen and oxygen atoms in total. The minimum absolute atomic E-state index is 0.101. The highest BCUT2D eigenvalue weighted by atomic mass is 16.2. The van der Waals surface area contributed by atoms with Crippen LogP contribution >= 0.6 is 0 Å². The van der Waals surface area contributed by atoms with Crippen molar-refractivity contribution < 1.29 is 4.79 Å². The Labute approximate surface area is 223 Å². The number of likely N-dealkylation sites (tertiary alicyclic amines) is 1. The lowest BCUT2D eigenvalue weighted by molar-refractivity contribution is 0.0793. The molecule has 0 atom stereocenters. The van der Waals surface area contributed by atoms with Crippen LogP contribution in [0.3, 0.4) is 0 Å². The lowest BCUT2D eigenvalue weighted by Gasteiger charge is -2.17. The highest BCUT2D eigenvalue weighted by Gasteiger charge is 2.30. The van der Waals surface area contributed by atoms with Gasteiger partial charge in [0.25, 0.3) is 5.91 Å². The molecule has 7 heteroatoms. The van der Waals surface area contributed by atoms with E-state index in [1.54, 1.807) is 0 Å².